The number of benzene rings is 2. The van der Waals surface area contributed by atoms with E-state index in [-0.39, 0.29) is 12.5 Å². The maximum absolute atomic E-state index is 12.4. The lowest BCUT2D eigenvalue weighted by atomic mass is 10.1. The van der Waals surface area contributed by atoms with Gasteiger partial charge in [0.05, 0.1) is 5.52 Å². The standard InChI is InChI=1S/C19H14N2O2/c1-2-11-23-17-7-3-6-16(13-17)21-19(22)15-8-9-18-14(12-15)5-4-10-20-18/h1,3-10,12-13H,11H2,(H,21,22). The Labute approximate surface area is 134 Å². The molecule has 112 valence electrons. The van der Waals surface area contributed by atoms with Crippen LogP contribution in [-0.2, 0) is 0 Å². The van der Waals surface area contributed by atoms with Gasteiger partial charge in [-0.15, -0.1) is 6.42 Å². The van der Waals surface area contributed by atoms with E-state index in [2.05, 4.69) is 16.2 Å². The van der Waals surface area contributed by atoms with Gasteiger partial charge in [-0.2, -0.15) is 0 Å². The number of amides is 1. The molecule has 0 aliphatic carbocycles. The molecule has 0 fully saturated rings. The number of pyridine rings is 1. The van der Waals surface area contributed by atoms with Crippen LogP contribution in [-0.4, -0.2) is 17.5 Å². The molecule has 1 N–H and O–H groups in total. The van der Waals surface area contributed by atoms with E-state index in [0.717, 1.165) is 10.9 Å². The van der Waals surface area contributed by atoms with Crippen LogP contribution in [0.2, 0.25) is 0 Å². The molecule has 0 unspecified atom stereocenters. The van der Waals surface area contributed by atoms with Gasteiger partial charge in [-0.3, -0.25) is 9.78 Å². The van der Waals surface area contributed by atoms with E-state index in [1.54, 1.807) is 36.5 Å². The van der Waals surface area contributed by atoms with E-state index in [4.69, 9.17) is 11.2 Å². The largest absolute Gasteiger partial charge is 0.481 e. The van der Waals surface area contributed by atoms with Crippen molar-refractivity contribution in [1.29, 1.82) is 0 Å². The number of hydrogen-bond donors (Lipinski definition) is 1. The minimum absolute atomic E-state index is 0.190. The minimum Gasteiger partial charge on any atom is -0.481 e. The van der Waals surface area contributed by atoms with Crippen molar-refractivity contribution in [2.75, 3.05) is 11.9 Å². The van der Waals surface area contributed by atoms with Gasteiger partial charge in [-0.1, -0.05) is 18.1 Å². The van der Waals surface area contributed by atoms with E-state index in [1.807, 2.05) is 24.3 Å². The first-order valence-corrected chi connectivity index (χ1v) is 7.09. The topological polar surface area (TPSA) is 51.2 Å². The van der Waals surface area contributed by atoms with Crippen molar-refractivity contribution in [2.45, 2.75) is 0 Å². The summed E-state index contributed by atoms with van der Waals surface area (Å²) in [4.78, 5) is 16.6. The van der Waals surface area contributed by atoms with Crippen LogP contribution in [0.1, 0.15) is 10.4 Å². The molecule has 1 heterocycles. The third-order valence-corrected chi connectivity index (χ3v) is 3.28. The highest BCUT2D eigenvalue weighted by Gasteiger charge is 2.08. The molecule has 0 atom stereocenters. The number of ether oxygens (including phenoxy) is 1. The van der Waals surface area contributed by atoms with E-state index in [9.17, 15) is 4.79 Å². The molecule has 0 aliphatic heterocycles. The minimum atomic E-state index is -0.190. The van der Waals surface area contributed by atoms with E-state index >= 15 is 0 Å². The zero-order chi connectivity index (χ0) is 16.1. The zero-order valence-corrected chi connectivity index (χ0v) is 12.3. The van der Waals surface area contributed by atoms with Crippen LogP contribution in [0.5, 0.6) is 5.75 Å². The molecule has 0 saturated carbocycles. The lowest BCUT2D eigenvalue weighted by Gasteiger charge is -2.08. The molecular formula is C19H14N2O2. The first-order chi connectivity index (χ1) is 11.3. The van der Waals surface area contributed by atoms with Crippen LogP contribution >= 0.6 is 0 Å². The van der Waals surface area contributed by atoms with Gasteiger partial charge in [0.25, 0.3) is 5.91 Å². The van der Waals surface area contributed by atoms with Crippen LogP contribution in [0.4, 0.5) is 5.69 Å². The highest BCUT2D eigenvalue weighted by atomic mass is 16.5. The summed E-state index contributed by atoms with van der Waals surface area (Å²) in [5, 5.41) is 3.77. The lowest BCUT2D eigenvalue weighted by Crippen LogP contribution is -2.11. The molecule has 0 radical (unpaired) electrons. The smallest absolute Gasteiger partial charge is 0.255 e. The predicted octanol–water partition coefficient (Wildman–Crippen LogP) is 3.50. The lowest BCUT2D eigenvalue weighted by molar-refractivity contribution is 0.102. The molecule has 3 rings (SSSR count). The fourth-order valence-corrected chi connectivity index (χ4v) is 2.21. The second-order valence-corrected chi connectivity index (χ2v) is 4.89. The summed E-state index contributed by atoms with van der Waals surface area (Å²) >= 11 is 0. The first kappa shape index (κ1) is 14.6. The molecule has 0 bridgehead atoms. The van der Waals surface area contributed by atoms with E-state index in [0.29, 0.717) is 17.0 Å². The Bertz CT molecular complexity index is 897. The molecule has 4 nitrogen and oxygen atoms in total. The van der Waals surface area contributed by atoms with Crippen molar-refractivity contribution >= 4 is 22.5 Å². The van der Waals surface area contributed by atoms with E-state index < -0.39 is 0 Å². The van der Waals surface area contributed by atoms with Gasteiger partial charge in [-0.25, -0.2) is 0 Å². The monoisotopic (exact) mass is 302 g/mol. The highest BCUT2D eigenvalue weighted by Crippen LogP contribution is 2.19. The Morgan fingerprint density at radius 3 is 2.96 bits per heavy atom. The Kier molecular flexibility index (Phi) is 4.21. The first-order valence-electron chi connectivity index (χ1n) is 7.09. The molecule has 0 spiro atoms. The maximum Gasteiger partial charge on any atom is 0.255 e. The second-order valence-electron chi connectivity index (χ2n) is 4.89. The normalized spacial score (nSPS) is 10.0. The van der Waals surface area contributed by atoms with Gasteiger partial charge in [0.2, 0.25) is 0 Å². The molecule has 0 aliphatic rings. The zero-order valence-electron chi connectivity index (χ0n) is 12.3. The summed E-state index contributed by atoms with van der Waals surface area (Å²) in [6.07, 6.45) is 6.89. The fourth-order valence-electron chi connectivity index (χ4n) is 2.21. The van der Waals surface area contributed by atoms with Crippen molar-refractivity contribution in [2.24, 2.45) is 0 Å². The molecule has 0 saturated heterocycles. The molecule has 4 heteroatoms. The second kappa shape index (κ2) is 6.63. The molecular weight excluding hydrogens is 288 g/mol. The average molecular weight is 302 g/mol. The van der Waals surface area contributed by atoms with Crippen LogP contribution in [0, 0.1) is 12.3 Å². The van der Waals surface area contributed by atoms with Crippen LogP contribution in [0.15, 0.2) is 60.8 Å². The molecule has 1 amide bonds. The van der Waals surface area contributed by atoms with Crippen molar-refractivity contribution in [3.63, 3.8) is 0 Å². The van der Waals surface area contributed by atoms with E-state index in [1.165, 1.54) is 0 Å². The number of hydrogen-bond acceptors (Lipinski definition) is 3. The predicted molar refractivity (Wildman–Crippen MR) is 90.5 cm³/mol. The van der Waals surface area contributed by atoms with Crippen molar-refractivity contribution in [3.8, 4) is 18.1 Å². The fraction of sp³-hybridized carbons (Fsp3) is 0.0526. The summed E-state index contributed by atoms with van der Waals surface area (Å²) in [5.74, 6) is 2.83. The van der Waals surface area contributed by atoms with Gasteiger partial charge < -0.3 is 10.1 Å². The van der Waals surface area contributed by atoms with Gasteiger partial charge >= 0.3 is 0 Å². The Balaban J connectivity index is 1.79. The summed E-state index contributed by atoms with van der Waals surface area (Å²) < 4.78 is 5.35. The number of terminal acetylenes is 1. The van der Waals surface area contributed by atoms with Gasteiger partial charge in [0.15, 0.2) is 0 Å². The summed E-state index contributed by atoms with van der Waals surface area (Å²) in [5.41, 5.74) is 2.07. The number of nitrogens with one attached hydrogen (secondary N) is 1. The number of nitrogens with zero attached hydrogens (tertiary/aromatic N) is 1. The molecule has 23 heavy (non-hydrogen) atoms. The quantitative estimate of drug-likeness (QED) is 0.750. The maximum atomic E-state index is 12.4. The Hall–Kier alpha value is -3.32. The Morgan fingerprint density at radius 1 is 1.17 bits per heavy atom. The number of fused-ring (bicyclic) bond motifs is 1. The third-order valence-electron chi connectivity index (χ3n) is 3.28. The number of carbonyl (C=O) groups excluding carboxylic acids is 1. The number of carbonyl (C=O) groups is 1. The summed E-state index contributed by atoms with van der Waals surface area (Å²) in [6.45, 7) is 0.190. The molecule has 2 aromatic carbocycles. The van der Waals surface area contributed by atoms with Crippen molar-refractivity contribution in [1.82, 2.24) is 4.98 Å². The SMILES string of the molecule is C#CCOc1cccc(NC(=O)c2ccc3ncccc3c2)c1. The van der Waals surface area contributed by atoms with Crippen LogP contribution in [0.3, 0.4) is 0 Å². The number of aromatic nitrogens is 1. The van der Waals surface area contributed by atoms with Crippen LogP contribution < -0.4 is 10.1 Å². The number of rotatable bonds is 4. The molecule has 1 aromatic heterocycles. The van der Waals surface area contributed by atoms with Gasteiger partial charge in [0.1, 0.15) is 12.4 Å². The van der Waals surface area contributed by atoms with Gasteiger partial charge in [0, 0.05) is 28.9 Å². The third kappa shape index (κ3) is 3.47. The Morgan fingerprint density at radius 2 is 2.09 bits per heavy atom. The van der Waals surface area contributed by atoms with Gasteiger partial charge in [-0.05, 0) is 36.4 Å². The number of anilines is 1. The highest BCUT2D eigenvalue weighted by molar-refractivity contribution is 6.06. The van der Waals surface area contributed by atoms with Crippen molar-refractivity contribution < 1.29 is 9.53 Å². The summed E-state index contributed by atoms with van der Waals surface area (Å²) in [6, 6.07) is 16.3. The average Bonchev–Trinajstić information content (AvgIpc) is 2.60. The molecule has 3 aromatic rings. The van der Waals surface area contributed by atoms with Crippen LogP contribution in [0.25, 0.3) is 10.9 Å². The van der Waals surface area contributed by atoms with Crippen molar-refractivity contribution in [3.05, 3.63) is 66.4 Å². The summed E-state index contributed by atoms with van der Waals surface area (Å²) in [7, 11) is 0.